The van der Waals surface area contributed by atoms with Crippen molar-refractivity contribution in [2.75, 3.05) is 0 Å². The van der Waals surface area contributed by atoms with Crippen LogP contribution in [0.5, 0.6) is 0 Å². The second-order valence-corrected chi connectivity index (χ2v) is 3.93. The fourth-order valence-corrected chi connectivity index (χ4v) is 1.67. The van der Waals surface area contributed by atoms with E-state index in [-0.39, 0.29) is 0 Å². The van der Waals surface area contributed by atoms with E-state index in [1.165, 1.54) is 5.69 Å². The molecule has 0 bridgehead atoms. The van der Waals surface area contributed by atoms with Crippen LogP contribution in [-0.2, 0) is 20.0 Å². The summed E-state index contributed by atoms with van der Waals surface area (Å²) in [6.45, 7) is 1.04. The highest BCUT2D eigenvalue weighted by Gasteiger charge is 1.98. The van der Waals surface area contributed by atoms with E-state index in [2.05, 4.69) is 25.5 Å². The van der Waals surface area contributed by atoms with Gasteiger partial charge in [-0.05, 0) is 25.7 Å². The van der Waals surface area contributed by atoms with E-state index in [4.69, 9.17) is 0 Å². The van der Waals surface area contributed by atoms with Crippen molar-refractivity contribution in [2.45, 2.75) is 25.8 Å². The molecule has 0 atom stereocenters. The maximum absolute atomic E-state index is 4.09. The molecule has 0 aliphatic rings. The molecule has 0 amide bonds. The van der Waals surface area contributed by atoms with E-state index in [0.717, 1.165) is 25.8 Å². The largest absolute Gasteiger partial charge is 0.338 e. The molecule has 4 heteroatoms. The average molecular weight is 217 g/mol. The first kappa shape index (κ1) is 10.9. The number of hydrogen-bond donors (Lipinski definition) is 0. The zero-order valence-electron chi connectivity index (χ0n) is 9.58. The van der Waals surface area contributed by atoms with Crippen molar-refractivity contribution in [3.63, 3.8) is 0 Å². The van der Waals surface area contributed by atoms with Crippen molar-refractivity contribution in [1.29, 1.82) is 0 Å². The van der Waals surface area contributed by atoms with Crippen LogP contribution in [0.2, 0.25) is 0 Å². The molecule has 0 saturated carbocycles. The second kappa shape index (κ2) is 5.49. The van der Waals surface area contributed by atoms with E-state index in [0.29, 0.717) is 0 Å². The standard InChI is InChI=1S/C12H17N4/c1-15-10-14-9-12(15)5-3-2-4-7-16-8-6-13-11-16/h3,6,8-11H,2,4-5,7H2,1H3. The van der Waals surface area contributed by atoms with Gasteiger partial charge in [0.2, 0.25) is 0 Å². The Morgan fingerprint density at radius 3 is 2.94 bits per heavy atom. The first-order valence-corrected chi connectivity index (χ1v) is 5.59. The van der Waals surface area contributed by atoms with Gasteiger partial charge in [0.25, 0.3) is 0 Å². The summed E-state index contributed by atoms with van der Waals surface area (Å²) in [4.78, 5) is 8.11. The molecule has 2 heterocycles. The predicted octanol–water partition coefficient (Wildman–Crippen LogP) is 1.84. The quantitative estimate of drug-likeness (QED) is 0.692. The summed E-state index contributed by atoms with van der Waals surface area (Å²) in [6, 6.07) is 0. The Labute approximate surface area is 96.0 Å². The molecule has 85 valence electrons. The third-order valence-corrected chi connectivity index (χ3v) is 2.65. The van der Waals surface area contributed by atoms with Crippen LogP contribution in [0.15, 0.2) is 31.2 Å². The van der Waals surface area contributed by atoms with Gasteiger partial charge in [0.1, 0.15) is 0 Å². The van der Waals surface area contributed by atoms with Crippen molar-refractivity contribution >= 4 is 0 Å². The zero-order valence-corrected chi connectivity index (χ0v) is 9.58. The molecule has 16 heavy (non-hydrogen) atoms. The highest BCUT2D eigenvalue weighted by Crippen LogP contribution is 2.05. The summed E-state index contributed by atoms with van der Waals surface area (Å²) >= 11 is 0. The SMILES string of the molecule is Cn1cncc1C[CH]CCCn1ccnc1. The number of rotatable bonds is 6. The smallest absolute Gasteiger partial charge is 0.0945 e. The Hall–Kier alpha value is -1.58. The average Bonchev–Trinajstić information content (AvgIpc) is 2.90. The molecule has 2 aromatic rings. The molecule has 0 aliphatic heterocycles. The van der Waals surface area contributed by atoms with Gasteiger partial charge in [-0.15, -0.1) is 0 Å². The lowest BCUT2D eigenvalue weighted by atomic mass is 10.1. The molecule has 0 unspecified atom stereocenters. The van der Waals surface area contributed by atoms with Crippen molar-refractivity contribution in [3.8, 4) is 0 Å². The Morgan fingerprint density at radius 1 is 1.31 bits per heavy atom. The number of imidazole rings is 2. The first-order valence-electron chi connectivity index (χ1n) is 5.59. The van der Waals surface area contributed by atoms with Crippen molar-refractivity contribution < 1.29 is 0 Å². The predicted molar refractivity (Wildman–Crippen MR) is 62.7 cm³/mol. The van der Waals surface area contributed by atoms with Gasteiger partial charge in [-0.25, -0.2) is 9.97 Å². The first-order chi connectivity index (χ1) is 7.86. The van der Waals surface area contributed by atoms with E-state index in [1.807, 2.05) is 38.3 Å². The minimum atomic E-state index is 1.00. The van der Waals surface area contributed by atoms with Crippen LogP contribution in [0.1, 0.15) is 18.5 Å². The van der Waals surface area contributed by atoms with Crippen LogP contribution in [0, 0.1) is 6.42 Å². The van der Waals surface area contributed by atoms with Crippen molar-refractivity contribution in [3.05, 3.63) is 43.4 Å². The van der Waals surface area contributed by atoms with E-state index in [9.17, 15) is 0 Å². The van der Waals surface area contributed by atoms with Crippen LogP contribution in [0.4, 0.5) is 0 Å². The van der Waals surface area contributed by atoms with Crippen LogP contribution in [-0.4, -0.2) is 19.1 Å². The molecular weight excluding hydrogens is 200 g/mol. The minimum Gasteiger partial charge on any atom is -0.338 e. The lowest BCUT2D eigenvalue weighted by Crippen LogP contribution is -1.97. The highest BCUT2D eigenvalue weighted by molar-refractivity contribution is 5.00. The van der Waals surface area contributed by atoms with Crippen LogP contribution in [0.25, 0.3) is 0 Å². The Morgan fingerprint density at radius 2 is 2.25 bits per heavy atom. The molecule has 0 N–H and O–H groups in total. The Kier molecular flexibility index (Phi) is 3.75. The summed E-state index contributed by atoms with van der Waals surface area (Å²) in [5, 5.41) is 0. The van der Waals surface area contributed by atoms with Gasteiger partial charge in [0, 0.05) is 37.9 Å². The van der Waals surface area contributed by atoms with E-state index in [1.54, 1.807) is 0 Å². The number of hydrogen-bond acceptors (Lipinski definition) is 2. The summed E-state index contributed by atoms with van der Waals surface area (Å²) in [6.07, 6.45) is 15.1. The molecule has 0 fully saturated rings. The lowest BCUT2D eigenvalue weighted by Gasteiger charge is -2.03. The lowest BCUT2D eigenvalue weighted by molar-refractivity contribution is 0.630. The van der Waals surface area contributed by atoms with Gasteiger partial charge in [0.15, 0.2) is 0 Å². The fraction of sp³-hybridized carbons (Fsp3) is 0.417. The second-order valence-electron chi connectivity index (χ2n) is 3.93. The molecule has 0 saturated heterocycles. The molecule has 0 spiro atoms. The van der Waals surface area contributed by atoms with E-state index < -0.39 is 0 Å². The maximum Gasteiger partial charge on any atom is 0.0945 e. The number of nitrogens with zero attached hydrogens (tertiary/aromatic N) is 4. The molecule has 2 rings (SSSR count). The summed E-state index contributed by atoms with van der Waals surface area (Å²) < 4.78 is 4.17. The van der Waals surface area contributed by atoms with Gasteiger partial charge < -0.3 is 9.13 Å². The van der Waals surface area contributed by atoms with Gasteiger partial charge in [-0.3, -0.25) is 0 Å². The summed E-state index contributed by atoms with van der Waals surface area (Å²) in [7, 11) is 2.03. The molecule has 4 nitrogen and oxygen atoms in total. The molecule has 0 aromatic carbocycles. The zero-order chi connectivity index (χ0) is 11.2. The monoisotopic (exact) mass is 217 g/mol. The van der Waals surface area contributed by atoms with Crippen molar-refractivity contribution in [1.82, 2.24) is 19.1 Å². The third kappa shape index (κ3) is 2.95. The van der Waals surface area contributed by atoms with E-state index >= 15 is 0 Å². The number of aryl methyl sites for hydroxylation is 2. The fourth-order valence-electron chi connectivity index (χ4n) is 1.67. The normalized spacial score (nSPS) is 10.8. The number of unbranched alkanes of at least 4 members (excludes halogenated alkanes) is 2. The number of aromatic nitrogens is 4. The topological polar surface area (TPSA) is 35.6 Å². The molecule has 1 radical (unpaired) electrons. The van der Waals surface area contributed by atoms with Crippen molar-refractivity contribution in [2.24, 2.45) is 7.05 Å². The highest BCUT2D eigenvalue weighted by atomic mass is 15.0. The summed E-state index contributed by atoms with van der Waals surface area (Å²) in [5.74, 6) is 0. The Balaban J connectivity index is 1.61. The molecular formula is C12H17N4. The van der Waals surface area contributed by atoms with Gasteiger partial charge >= 0.3 is 0 Å². The van der Waals surface area contributed by atoms with Gasteiger partial charge in [-0.1, -0.05) is 0 Å². The van der Waals surface area contributed by atoms with Crippen LogP contribution >= 0.6 is 0 Å². The summed E-state index contributed by atoms with van der Waals surface area (Å²) in [5.41, 5.74) is 1.27. The molecule has 2 aromatic heterocycles. The van der Waals surface area contributed by atoms with Gasteiger partial charge in [0.05, 0.1) is 12.7 Å². The third-order valence-electron chi connectivity index (χ3n) is 2.65. The van der Waals surface area contributed by atoms with Crippen LogP contribution < -0.4 is 0 Å². The van der Waals surface area contributed by atoms with Crippen LogP contribution in [0.3, 0.4) is 0 Å². The maximum atomic E-state index is 4.09. The van der Waals surface area contributed by atoms with Gasteiger partial charge in [-0.2, -0.15) is 0 Å². The Bertz CT molecular complexity index is 402. The molecule has 0 aliphatic carbocycles. The minimum absolute atomic E-state index is 1.00.